The second-order valence-electron chi connectivity index (χ2n) is 5.30. The molecule has 1 unspecified atom stereocenters. The van der Waals surface area contributed by atoms with Gasteiger partial charge >= 0.3 is 6.18 Å². The number of fused-ring (bicyclic) bond motifs is 1. The number of nitrogens with zero attached hydrogens (tertiary/aromatic N) is 2. The summed E-state index contributed by atoms with van der Waals surface area (Å²) < 4.78 is 36.5. The molecule has 1 aliphatic carbocycles. The van der Waals surface area contributed by atoms with Crippen LogP contribution in [0.15, 0.2) is 18.3 Å². The van der Waals surface area contributed by atoms with Crippen molar-refractivity contribution in [1.82, 2.24) is 9.97 Å². The first-order valence-electron chi connectivity index (χ1n) is 6.91. The van der Waals surface area contributed by atoms with E-state index in [4.69, 9.17) is 5.73 Å². The van der Waals surface area contributed by atoms with Crippen molar-refractivity contribution < 1.29 is 13.2 Å². The van der Waals surface area contributed by atoms with E-state index in [9.17, 15) is 13.2 Å². The lowest BCUT2D eigenvalue weighted by Crippen LogP contribution is -2.21. The molecule has 0 aromatic carbocycles. The molecule has 1 aliphatic rings. The number of halogens is 3. The molecular formula is C14H15F3N4S. The maximum absolute atomic E-state index is 12.2. The number of hydrogen-bond donors (Lipinski definition) is 2. The van der Waals surface area contributed by atoms with Crippen molar-refractivity contribution in [3.05, 3.63) is 34.6 Å². The standard InChI is InChI=1S/C14H15F3N4S/c15-14(16,17)7-20-9-2-4-10(19-6-9)8-1-3-11-12(5-8)22-13(18)21-11/h2,4,6,8,20H,1,3,5,7H2,(H2,18,21). The zero-order chi connectivity index (χ0) is 15.7. The quantitative estimate of drug-likeness (QED) is 0.907. The second kappa shape index (κ2) is 5.75. The van der Waals surface area contributed by atoms with Gasteiger partial charge in [0.2, 0.25) is 0 Å². The minimum atomic E-state index is -4.23. The van der Waals surface area contributed by atoms with Gasteiger partial charge in [-0.15, -0.1) is 11.3 Å². The Morgan fingerprint density at radius 2 is 2.18 bits per heavy atom. The van der Waals surface area contributed by atoms with E-state index in [0.29, 0.717) is 10.8 Å². The molecule has 0 saturated heterocycles. The number of nitrogens with two attached hydrogens (primary N) is 1. The first-order valence-corrected chi connectivity index (χ1v) is 7.73. The fourth-order valence-electron chi connectivity index (χ4n) is 2.60. The fraction of sp³-hybridized carbons (Fsp3) is 0.429. The monoisotopic (exact) mass is 328 g/mol. The molecule has 2 aromatic rings. The molecule has 22 heavy (non-hydrogen) atoms. The summed E-state index contributed by atoms with van der Waals surface area (Å²) in [6.07, 6.45) is -0.142. The summed E-state index contributed by atoms with van der Waals surface area (Å²) in [5, 5.41) is 2.91. The highest BCUT2D eigenvalue weighted by atomic mass is 32.1. The molecule has 118 valence electrons. The van der Waals surface area contributed by atoms with Crippen LogP contribution in [-0.2, 0) is 12.8 Å². The first-order chi connectivity index (χ1) is 10.4. The van der Waals surface area contributed by atoms with Crippen LogP contribution < -0.4 is 11.1 Å². The number of aryl methyl sites for hydroxylation is 1. The molecule has 0 fully saturated rings. The average molecular weight is 328 g/mol. The summed E-state index contributed by atoms with van der Waals surface area (Å²) in [6.45, 7) is -1.05. The molecule has 0 saturated carbocycles. The van der Waals surface area contributed by atoms with Gasteiger partial charge in [-0.25, -0.2) is 4.98 Å². The molecule has 0 bridgehead atoms. The van der Waals surface area contributed by atoms with Gasteiger partial charge in [0, 0.05) is 16.5 Å². The number of pyridine rings is 1. The third-order valence-corrected chi connectivity index (χ3v) is 4.60. The Hall–Kier alpha value is -1.83. The van der Waals surface area contributed by atoms with Gasteiger partial charge in [0.05, 0.1) is 17.6 Å². The highest BCUT2D eigenvalue weighted by Gasteiger charge is 2.27. The molecule has 3 rings (SSSR count). The van der Waals surface area contributed by atoms with Gasteiger partial charge in [0.15, 0.2) is 5.13 Å². The molecule has 0 radical (unpaired) electrons. The number of rotatable bonds is 3. The van der Waals surface area contributed by atoms with Crippen LogP contribution in [0.1, 0.15) is 28.6 Å². The van der Waals surface area contributed by atoms with Gasteiger partial charge in [0.25, 0.3) is 0 Å². The smallest absolute Gasteiger partial charge is 0.375 e. The number of aromatic nitrogens is 2. The van der Waals surface area contributed by atoms with Crippen molar-refractivity contribution in [2.24, 2.45) is 0 Å². The summed E-state index contributed by atoms with van der Waals surface area (Å²) in [7, 11) is 0. The zero-order valence-electron chi connectivity index (χ0n) is 11.7. The molecule has 3 N–H and O–H groups in total. The number of anilines is 2. The maximum atomic E-state index is 12.2. The summed E-state index contributed by atoms with van der Waals surface area (Å²) in [4.78, 5) is 9.80. The van der Waals surface area contributed by atoms with Crippen molar-refractivity contribution in [1.29, 1.82) is 0 Å². The van der Waals surface area contributed by atoms with E-state index in [1.165, 1.54) is 22.4 Å². The van der Waals surface area contributed by atoms with E-state index >= 15 is 0 Å². The Labute approximate surface area is 129 Å². The van der Waals surface area contributed by atoms with E-state index in [2.05, 4.69) is 15.3 Å². The zero-order valence-corrected chi connectivity index (χ0v) is 12.5. The minimum Gasteiger partial charge on any atom is -0.375 e. The van der Waals surface area contributed by atoms with E-state index < -0.39 is 12.7 Å². The molecule has 0 amide bonds. The van der Waals surface area contributed by atoms with E-state index in [-0.39, 0.29) is 5.92 Å². The topological polar surface area (TPSA) is 63.8 Å². The summed E-state index contributed by atoms with van der Waals surface area (Å²) >= 11 is 1.50. The Morgan fingerprint density at radius 1 is 1.36 bits per heavy atom. The predicted octanol–water partition coefficient (Wildman–Crippen LogP) is 3.37. The molecular weight excluding hydrogens is 313 g/mol. The number of nitrogens with one attached hydrogen (secondary N) is 1. The van der Waals surface area contributed by atoms with Gasteiger partial charge in [-0.05, 0) is 31.4 Å². The number of hydrogen-bond acceptors (Lipinski definition) is 5. The van der Waals surface area contributed by atoms with E-state index in [1.807, 2.05) is 0 Å². The molecule has 0 aliphatic heterocycles. The van der Waals surface area contributed by atoms with Gasteiger partial charge in [-0.2, -0.15) is 13.2 Å². The predicted molar refractivity (Wildman–Crippen MR) is 80.1 cm³/mol. The van der Waals surface area contributed by atoms with Crippen LogP contribution >= 0.6 is 11.3 Å². The second-order valence-corrected chi connectivity index (χ2v) is 6.42. The average Bonchev–Trinajstić information content (AvgIpc) is 2.84. The highest BCUT2D eigenvalue weighted by molar-refractivity contribution is 7.15. The number of alkyl halides is 3. The molecule has 4 nitrogen and oxygen atoms in total. The van der Waals surface area contributed by atoms with Crippen LogP contribution in [0.2, 0.25) is 0 Å². The van der Waals surface area contributed by atoms with Crippen molar-refractivity contribution in [3.8, 4) is 0 Å². The normalized spacial score (nSPS) is 18.0. The number of thiazole rings is 1. The molecule has 8 heteroatoms. The number of nitrogen functional groups attached to an aromatic ring is 1. The Kier molecular flexibility index (Phi) is 3.94. The van der Waals surface area contributed by atoms with Crippen molar-refractivity contribution >= 4 is 22.2 Å². The Balaban J connectivity index is 1.66. The van der Waals surface area contributed by atoms with Crippen LogP contribution in [0.25, 0.3) is 0 Å². The minimum absolute atomic E-state index is 0.268. The van der Waals surface area contributed by atoms with Crippen molar-refractivity contribution in [2.45, 2.75) is 31.4 Å². The molecule has 0 spiro atoms. The van der Waals surface area contributed by atoms with Gasteiger partial charge in [-0.3, -0.25) is 4.98 Å². The maximum Gasteiger partial charge on any atom is 0.405 e. The lowest BCUT2D eigenvalue weighted by molar-refractivity contribution is -0.115. The van der Waals surface area contributed by atoms with Crippen molar-refractivity contribution in [3.63, 3.8) is 0 Å². The van der Waals surface area contributed by atoms with Gasteiger partial charge in [-0.1, -0.05) is 0 Å². The lowest BCUT2D eigenvalue weighted by Gasteiger charge is -2.20. The third-order valence-electron chi connectivity index (χ3n) is 3.65. The Bertz CT molecular complexity index is 651. The van der Waals surface area contributed by atoms with Crippen LogP contribution in [0, 0.1) is 0 Å². The summed E-state index contributed by atoms with van der Waals surface area (Å²) in [5.74, 6) is 0.268. The van der Waals surface area contributed by atoms with Crippen LogP contribution in [0.5, 0.6) is 0 Å². The summed E-state index contributed by atoms with van der Waals surface area (Å²) in [5.41, 5.74) is 8.07. The van der Waals surface area contributed by atoms with Crippen LogP contribution in [0.3, 0.4) is 0 Å². The molecule has 1 atom stereocenters. The lowest BCUT2D eigenvalue weighted by atomic mass is 9.88. The molecule has 2 heterocycles. The van der Waals surface area contributed by atoms with Gasteiger partial charge in [0.1, 0.15) is 6.54 Å². The third kappa shape index (κ3) is 3.49. The Morgan fingerprint density at radius 3 is 2.86 bits per heavy atom. The first kappa shape index (κ1) is 15.1. The van der Waals surface area contributed by atoms with Crippen molar-refractivity contribution in [2.75, 3.05) is 17.6 Å². The van der Waals surface area contributed by atoms with Gasteiger partial charge < -0.3 is 11.1 Å². The highest BCUT2D eigenvalue weighted by Crippen LogP contribution is 2.35. The largest absolute Gasteiger partial charge is 0.405 e. The van der Waals surface area contributed by atoms with E-state index in [0.717, 1.165) is 30.7 Å². The SMILES string of the molecule is Nc1nc2c(s1)CC(c1ccc(NCC(F)(F)F)cn1)CC2. The molecule has 2 aromatic heterocycles. The summed E-state index contributed by atoms with van der Waals surface area (Å²) in [6, 6.07) is 3.43. The van der Waals surface area contributed by atoms with E-state index in [1.54, 1.807) is 12.1 Å². The van der Waals surface area contributed by atoms with Crippen LogP contribution in [0.4, 0.5) is 24.0 Å². The van der Waals surface area contributed by atoms with Crippen LogP contribution in [-0.4, -0.2) is 22.7 Å². The fourth-order valence-corrected chi connectivity index (χ4v) is 3.56.